The first kappa shape index (κ1) is 12.1. The van der Waals surface area contributed by atoms with Crippen molar-refractivity contribution in [1.82, 2.24) is 0 Å². The van der Waals surface area contributed by atoms with Gasteiger partial charge in [0.25, 0.3) is 0 Å². The van der Waals surface area contributed by atoms with Gasteiger partial charge < -0.3 is 0 Å². The van der Waals surface area contributed by atoms with Gasteiger partial charge in [-0.3, -0.25) is 0 Å². The van der Waals surface area contributed by atoms with Crippen molar-refractivity contribution in [1.29, 1.82) is 0 Å². The van der Waals surface area contributed by atoms with Crippen molar-refractivity contribution in [2.24, 2.45) is 0 Å². The van der Waals surface area contributed by atoms with Crippen LogP contribution in [0.2, 0.25) is 0 Å². The van der Waals surface area contributed by atoms with E-state index >= 15 is 0 Å². The maximum atomic E-state index is 5.66. The zero-order valence-electron chi connectivity index (χ0n) is 9.22. The Morgan fingerprint density at radius 2 is 1.80 bits per heavy atom. The number of hydrogen-bond acceptors (Lipinski definition) is 0. The summed E-state index contributed by atoms with van der Waals surface area (Å²) in [5.74, 6) is 0.639. The van der Waals surface area contributed by atoms with Crippen LogP contribution in [0.15, 0.2) is 43.0 Å². The van der Waals surface area contributed by atoms with Crippen molar-refractivity contribution in [3.63, 3.8) is 0 Å². The molecule has 0 radical (unpaired) electrons. The third-order valence-corrected chi connectivity index (χ3v) is 2.56. The van der Waals surface area contributed by atoms with E-state index < -0.39 is 0 Å². The van der Waals surface area contributed by atoms with E-state index in [1.807, 2.05) is 0 Å². The van der Waals surface area contributed by atoms with Gasteiger partial charge in [-0.2, -0.15) is 0 Å². The molecule has 80 valence electrons. The van der Waals surface area contributed by atoms with Crippen LogP contribution in [-0.2, 0) is 0 Å². The first-order valence-corrected chi connectivity index (χ1v) is 5.64. The number of hydrogen-bond donors (Lipinski definition) is 0. The van der Waals surface area contributed by atoms with Gasteiger partial charge in [-0.05, 0) is 30.9 Å². The van der Waals surface area contributed by atoms with Crippen molar-refractivity contribution < 1.29 is 0 Å². The predicted molar refractivity (Wildman–Crippen MR) is 69.3 cm³/mol. The molecule has 0 nitrogen and oxygen atoms in total. The van der Waals surface area contributed by atoms with E-state index in [1.165, 1.54) is 11.1 Å². The molecule has 0 atom stereocenters. The Morgan fingerprint density at radius 3 is 2.33 bits per heavy atom. The largest absolute Gasteiger partial charge is 0.126 e. The highest BCUT2D eigenvalue weighted by molar-refractivity contribution is 6.18. The molecule has 1 aromatic rings. The Bertz CT molecular complexity index is 346. The molecule has 1 aromatic carbocycles. The lowest BCUT2D eigenvalue weighted by molar-refractivity contribution is 1.06. The van der Waals surface area contributed by atoms with Crippen LogP contribution in [0.4, 0.5) is 0 Å². The zero-order valence-corrected chi connectivity index (χ0v) is 9.98. The Kier molecular flexibility index (Phi) is 4.64. The Hall–Kier alpha value is -1.01. The molecule has 0 heterocycles. The predicted octanol–water partition coefficient (Wildman–Crippen LogP) is 4.58. The van der Waals surface area contributed by atoms with Gasteiger partial charge in [0.05, 0.1) is 0 Å². The van der Waals surface area contributed by atoms with Crippen molar-refractivity contribution in [3.8, 4) is 0 Å². The molecule has 0 aromatic heterocycles. The summed E-state index contributed by atoms with van der Waals surface area (Å²) in [4.78, 5) is 0. The van der Waals surface area contributed by atoms with E-state index in [4.69, 9.17) is 11.6 Å². The minimum absolute atomic E-state index is 0.639. The fourth-order valence-corrected chi connectivity index (χ4v) is 1.68. The molecule has 0 spiro atoms. The molecule has 0 aliphatic carbocycles. The van der Waals surface area contributed by atoms with E-state index in [0.29, 0.717) is 5.88 Å². The standard InChI is InChI=1S/C14H17Cl/c1-11-4-6-14(7-5-11)13(3)10-12(2)8-9-15/h4-7H,2-3,8-10H2,1H3. The molecule has 0 aliphatic rings. The summed E-state index contributed by atoms with van der Waals surface area (Å²) in [7, 11) is 0. The van der Waals surface area contributed by atoms with Crippen LogP contribution < -0.4 is 0 Å². The summed E-state index contributed by atoms with van der Waals surface area (Å²) < 4.78 is 0. The number of allylic oxidation sites excluding steroid dienone is 2. The summed E-state index contributed by atoms with van der Waals surface area (Å²) in [6.07, 6.45) is 1.71. The number of halogens is 1. The van der Waals surface area contributed by atoms with Gasteiger partial charge in [-0.15, -0.1) is 11.6 Å². The second-order valence-corrected chi connectivity index (χ2v) is 4.21. The fourth-order valence-electron chi connectivity index (χ4n) is 1.42. The van der Waals surface area contributed by atoms with Gasteiger partial charge in [0, 0.05) is 5.88 Å². The summed E-state index contributed by atoms with van der Waals surface area (Å²) in [6.45, 7) is 10.1. The van der Waals surface area contributed by atoms with E-state index in [9.17, 15) is 0 Å². The van der Waals surface area contributed by atoms with Gasteiger partial charge in [0.2, 0.25) is 0 Å². The molecule has 1 heteroatoms. The molecule has 0 saturated heterocycles. The molecule has 1 rings (SSSR count). The quantitative estimate of drug-likeness (QED) is 0.503. The van der Waals surface area contributed by atoms with E-state index in [-0.39, 0.29) is 0 Å². The minimum Gasteiger partial charge on any atom is -0.126 e. The molecular weight excluding hydrogens is 204 g/mol. The molecule has 0 N–H and O–H groups in total. The molecule has 15 heavy (non-hydrogen) atoms. The van der Waals surface area contributed by atoms with Crippen molar-refractivity contribution in [3.05, 3.63) is 54.1 Å². The van der Waals surface area contributed by atoms with Crippen molar-refractivity contribution in [2.75, 3.05) is 5.88 Å². The SMILES string of the molecule is C=C(CCCl)CC(=C)c1ccc(C)cc1. The highest BCUT2D eigenvalue weighted by Crippen LogP contribution is 2.21. The number of alkyl halides is 1. The summed E-state index contributed by atoms with van der Waals surface area (Å²) >= 11 is 5.66. The molecule has 0 fully saturated rings. The van der Waals surface area contributed by atoms with E-state index in [0.717, 1.165) is 24.0 Å². The topological polar surface area (TPSA) is 0 Å². The van der Waals surface area contributed by atoms with Gasteiger partial charge in [0.15, 0.2) is 0 Å². The van der Waals surface area contributed by atoms with Crippen molar-refractivity contribution >= 4 is 17.2 Å². The molecule has 0 saturated carbocycles. The zero-order chi connectivity index (χ0) is 11.3. The van der Waals surface area contributed by atoms with Crippen LogP contribution in [0.25, 0.3) is 5.57 Å². The Morgan fingerprint density at radius 1 is 1.20 bits per heavy atom. The van der Waals surface area contributed by atoms with Gasteiger partial charge in [0.1, 0.15) is 0 Å². The lowest BCUT2D eigenvalue weighted by Crippen LogP contribution is -1.88. The first-order chi connectivity index (χ1) is 7.13. The summed E-state index contributed by atoms with van der Waals surface area (Å²) in [6, 6.07) is 8.41. The first-order valence-electron chi connectivity index (χ1n) is 5.11. The Balaban J connectivity index is 2.61. The van der Waals surface area contributed by atoms with Crippen LogP contribution >= 0.6 is 11.6 Å². The monoisotopic (exact) mass is 220 g/mol. The molecule has 0 bridgehead atoms. The third kappa shape index (κ3) is 3.93. The second-order valence-electron chi connectivity index (χ2n) is 3.84. The molecule has 0 amide bonds. The Labute approximate surface area is 97.3 Å². The van der Waals surface area contributed by atoms with Crippen molar-refractivity contribution in [2.45, 2.75) is 19.8 Å². The number of rotatable bonds is 5. The van der Waals surface area contributed by atoms with Crippen LogP contribution in [0, 0.1) is 6.92 Å². The van der Waals surface area contributed by atoms with Crippen LogP contribution in [0.1, 0.15) is 24.0 Å². The summed E-state index contributed by atoms with van der Waals surface area (Å²) in [5, 5.41) is 0. The number of aryl methyl sites for hydroxylation is 1. The van der Waals surface area contributed by atoms with Gasteiger partial charge in [-0.25, -0.2) is 0 Å². The minimum atomic E-state index is 0.639. The number of benzene rings is 1. The smallest absolute Gasteiger partial charge is 0.0260 e. The van der Waals surface area contributed by atoms with Gasteiger partial charge in [-0.1, -0.05) is 48.6 Å². The highest BCUT2D eigenvalue weighted by atomic mass is 35.5. The maximum absolute atomic E-state index is 5.66. The molecular formula is C14H17Cl. The highest BCUT2D eigenvalue weighted by Gasteiger charge is 2.01. The van der Waals surface area contributed by atoms with E-state index in [2.05, 4.69) is 44.3 Å². The molecule has 0 aliphatic heterocycles. The lowest BCUT2D eigenvalue weighted by Gasteiger charge is -2.08. The molecule has 0 unspecified atom stereocenters. The lowest BCUT2D eigenvalue weighted by atomic mass is 9.98. The van der Waals surface area contributed by atoms with Crippen LogP contribution in [0.3, 0.4) is 0 Å². The van der Waals surface area contributed by atoms with E-state index in [1.54, 1.807) is 0 Å². The maximum Gasteiger partial charge on any atom is 0.0260 e. The average Bonchev–Trinajstić information content (AvgIpc) is 2.18. The normalized spacial score (nSPS) is 10.0. The third-order valence-electron chi connectivity index (χ3n) is 2.37. The second kappa shape index (κ2) is 5.77. The van der Waals surface area contributed by atoms with Gasteiger partial charge >= 0.3 is 0 Å². The van der Waals surface area contributed by atoms with Crippen LogP contribution in [-0.4, -0.2) is 5.88 Å². The summed E-state index contributed by atoms with van der Waals surface area (Å²) in [5.41, 5.74) is 4.73. The fraction of sp³-hybridized carbons (Fsp3) is 0.286. The average molecular weight is 221 g/mol. The van der Waals surface area contributed by atoms with Crippen LogP contribution in [0.5, 0.6) is 0 Å².